The van der Waals surface area contributed by atoms with Crippen LogP contribution >= 0.6 is 0 Å². The van der Waals surface area contributed by atoms with E-state index < -0.39 is 0 Å². The van der Waals surface area contributed by atoms with E-state index in [9.17, 15) is 4.79 Å². The Morgan fingerprint density at radius 2 is 1.56 bits per heavy atom. The maximum Gasteiger partial charge on any atom is 0.251 e. The fraction of sp³-hybridized carbons (Fsp3) is 0.208. The lowest BCUT2D eigenvalue weighted by atomic mass is 10.1. The van der Waals surface area contributed by atoms with Crippen molar-refractivity contribution < 1.29 is 9.53 Å². The minimum atomic E-state index is -0.0688. The Hall–Kier alpha value is -3.07. The summed E-state index contributed by atoms with van der Waals surface area (Å²) in [6.07, 6.45) is 1.85. The summed E-state index contributed by atoms with van der Waals surface area (Å²) in [5, 5.41) is 3.07. The maximum atomic E-state index is 12.5. The van der Waals surface area contributed by atoms with Gasteiger partial charge in [0.25, 0.3) is 5.91 Å². The lowest BCUT2D eigenvalue weighted by Gasteiger charge is -2.14. The summed E-state index contributed by atoms with van der Waals surface area (Å²) in [5.41, 5.74) is 3.00. The summed E-state index contributed by atoms with van der Waals surface area (Å²) in [7, 11) is 0. The predicted octanol–water partition coefficient (Wildman–Crippen LogP) is 5.02. The summed E-state index contributed by atoms with van der Waals surface area (Å²) in [6, 6.07) is 27.7. The number of benzene rings is 3. The molecule has 0 heterocycles. The summed E-state index contributed by atoms with van der Waals surface area (Å²) >= 11 is 0. The normalized spacial score (nSPS) is 11.6. The first-order valence-corrected chi connectivity index (χ1v) is 9.32. The number of amides is 1. The van der Waals surface area contributed by atoms with E-state index in [-0.39, 0.29) is 11.9 Å². The molecule has 3 aromatic rings. The van der Waals surface area contributed by atoms with Gasteiger partial charge in [-0.2, -0.15) is 0 Å². The van der Waals surface area contributed by atoms with Crippen molar-refractivity contribution in [3.05, 3.63) is 102 Å². The van der Waals surface area contributed by atoms with Crippen LogP contribution in [0.1, 0.15) is 34.8 Å². The molecule has 138 valence electrons. The third-order valence-corrected chi connectivity index (χ3v) is 4.43. The lowest BCUT2D eigenvalue weighted by Crippen LogP contribution is -2.32. The average molecular weight is 359 g/mol. The van der Waals surface area contributed by atoms with Crippen LogP contribution in [-0.4, -0.2) is 11.9 Å². The molecule has 0 fully saturated rings. The first-order valence-electron chi connectivity index (χ1n) is 9.32. The van der Waals surface area contributed by atoms with E-state index in [1.807, 2.05) is 73.7 Å². The van der Waals surface area contributed by atoms with Crippen LogP contribution in [0.15, 0.2) is 84.9 Å². The van der Waals surface area contributed by atoms with E-state index in [0.29, 0.717) is 17.9 Å². The van der Waals surface area contributed by atoms with Crippen molar-refractivity contribution in [2.45, 2.75) is 32.4 Å². The van der Waals surface area contributed by atoms with Gasteiger partial charge in [0, 0.05) is 11.6 Å². The molecule has 0 saturated carbocycles. The zero-order valence-corrected chi connectivity index (χ0v) is 15.6. The Morgan fingerprint density at radius 3 is 2.26 bits per heavy atom. The molecule has 0 spiro atoms. The highest BCUT2D eigenvalue weighted by Gasteiger charge is 2.11. The molecule has 27 heavy (non-hydrogen) atoms. The minimum absolute atomic E-state index is 0.0688. The van der Waals surface area contributed by atoms with Crippen molar-refractivity contribution in [1.82, 2.24) is 5.32 Å². The molecule has 1 amide bonds. The van der Waals surface area contributed by atoms with Gasteiger partial charge in [-0.3, -0.25) is 4.79 Å². The molecule has 3 nitrogen and oxygen atoms in total. The van der Waals surface area contributed by atoms with Crippen molar-refractivity contribution in [2.24, 2.45) is 0 Å². The number of rotatable bonds is 8. The van der Waals surface area contributed by atoms with Gasteiger partial charge in [-0.05, 0) is 49.1 Å². The van der Waals surface area contributed by atoms with Gasteiger partial charge in [-0.1, -0.05) is 66.7 Å². The van der Waals surface area contributed by atoms with Gasteiger partial charge in [0.05, 0.1) is 0 Å². The van der Waals surface area contributed by atoms with E-state index >= 15 is 0 Å². The number of hydrogen-bond donors (Lipinski definition) is 1. The number of hydrogen-bond acceptors (Lipinski definition) is 2. The smallest absolute Gasteiger partial charge is 0.251 e. The molecule has 1 N–H and O–H groups in total. The predicted molar refractivity (Wildman–Crippen MR) is 109 cm³/mol. The average Bonchev–Trinajstić information content (AvgIpc) is 2.72. The molecular formula is C24H25NO2. The van der Waals surface area contributed by atoms with E-state index in [0.717, 1.165) is 18.4 Å². The van der Waals surface area contributed by atoms with Crippen LogP contribution < -0.4 is 10.1 Å². The van der Waals surface area contributed by atoms with Crippen molar-refractivity contribution in [3.8, 4) is 5.75 Å². The van der Waals surface area contributed by atoms with Crippen LogP contribution in [0, 0.1) is 0 Å². The van der Waals surface area contributed by atoms with Crippen LogP contribution in [0.25, 0.3) is 0 Å². The zero-order chi connectivity index (χ0) is 18.9. The van der Waals surface area contributed by atoms with Crippen LogP contribution in [0.3, 0.4) is 0 Å². The number of nitrogens with one attached hydrogen (secondary N) is 1. The number of ether oxygens (including phenoxy) is 1. The van der Waals surface area contributed by atoms with Crippen molar-refractivity contribution in [1.29, 1.82) is 0 Å². The molecule has 3 heteroatoms. The molecule has 3 aromatic carbocycles. The summed E-state index contributed by atoms with van der Waals surface area (Å²) < 4.78 is 5.81. The topological polar surface area (TPSA) is 38.3 Å². The van der Waals surface area contributed by atoms with Crippen molar-refractivity contribution >= 4 is 5.91 Å². The molecule has 0 aliphatic rings. The maximum absolute atomic E-state index is 12.5. The molecule has 0 aliphatic carbocycles. The largest absolute Gasteiger partial charge is 0.489 e. The Labute approximate surface area is 161 Å². The number of carbonyl (C=O) groups is 1. The fourth-order valence-corrected chi connectivity index (χ4v) is 2.88. The summed E-state index contributed by atoms with van der Waals surface area (Å²) in [5.74, 6) is 0.629. The standard InChI is InChI=1S/C24H25NO2/c1-19(15-16-20-9-4-2-5-10-20)25-24(26)22-13-8-14-23(17-22)27-18-21-11-6-3-7-12-21/h2-14,17,19H,15-16,18H2,1H3,(H,25,26). The van der Waals surface area contributed by atoms with Crippen LogP contribution in [-0.2, 0) is 13.0 Å². The first-order chi connectivity index (χ1) is 13.2. The van der Waals surface area contributed by atoms with Gasteiger partial charge >= 0.3 is 0 Å². The van der Waals surface area contributed by atoms with Gasteiger partial charge in [-0.25, -0.2) is 0 Å². The zero-order valence-electron chi connectivity index (χ0n) is 15.6. The summed E-state index contributed by atoms with van der Waals surface area (Å²) in [6.45, 7) is 2.52. The first kappa shape index (κ1) is 18.7. The van der Waals surface area contributed by atoms with Crippen LogP contribution in [0.5, 0.6) is 5.75 Å². The van der Waals surface area contributed by atoms with Gasteiger partial charge in [0.1, 0.15) is 12.4 Å². The lowest BCUT2D eigenvalue weighted by molar-refractivity contribution is 0.0938. The highest BCUT2D eigenvalue weighted by molar-refractivity contribution is 5.94. The highest BCUT2D eigenvalue weighted by Crippen LogP contribution is 2.16. The molecule has 3 rings (SSSR count). The molecule has 0 aliphatic heterocycles. The van der Waals surface area contributed by atoms with Gasteiger partial charge in [0.2, 0.25) is 0 Å². The Morgan fingerprint density at radius 1 is 0.889 bits per heavy atom. The Bertz CT molecular complexity index is 847. The second-order valence-corrected chi connectivity index (χ2v) is 6.70. The van der Waals surface area contributed by atoms with Gasteiger partial charge in [0.15, 0.2) is 0 Å². The quantitative estimate of drug-likeness (QED) is 0.613. The monoisotopic (exact) mass is 359 g/mol. The van der Waals surface area contributed by atoms with E-state index in [1.165, 1.54) is 5.56 Å². The fourth-order valence-electron chi connectivity index (χ4n) is 2.88. The molecule has 1 atom stereocenters. The SMILES string of the molecule is CC(CCc1ccccc1)NC(=O)c1cccc(OCc2ccccc2)c1. The van der Waals surface area contributed by atoms with E-state index in [4.69, 9.17) is 4.74 Å². The van der Waals surface area contributed by atoms with Gasteiger partial charge in [-0.15, -0.1) is 0 Å². The Balaban J connectivity index is 1.51. The molecule has 0 bridgehead atoms. The second kappa shape index (κ2) is 9.58. The minimum Gasteiger partial charge on any atom is -0.489 e. The molecule has 0 radical (unpaired) electrons. The van der Waals surface area contributed by atoms with Gasteiger partial charge < -0.3 is 10.1 Å². The Kier molecular flexibility index (Phi) is 6.64. The summed E-state index contributed by atoms with van der Waals surface area (Å²) in [4.78, 5) is 12.5. The molecule has 0 saturated heterocycles. The van der Waals surface area contributed by atoms with E-state index in [1.54, 1.807) is 6.07 Å². The number of aryl methyl sites for hydroxylation is 1. The van der Waals surface area contributed by atoms with Crippen LogP contribution in [0.4, 0.5) is 0 Å². The van der Waals surface area contributed by atoms with Crippen LogP contribution in [0.2, 0.25) is 0 Å². The number of carbonyl (C=O) groups excluding carboxylic acids is 1. The second-order valence-electron chi connectivity index (χ2n) is 6.70. The molecular weight excluding hydrogens is 334 g/mol. The highest BCUT2D eigenvalue weighted by atomic mass is 16.5. The van der Waals surface area contributed by atoms with Crippen molar-refractivity contribution in [3.63, 3.8) is 0 Å². The third-order valence-electron chi connectivity index (χ3n) is 4.43. The molecule has 0 aromatic heterocycles. The molecule has 1 unspecified atom stereocenters. The van der Waals surface area contributed by atoms with Crippen molar-refractivity contribution in [2.75, 3.05) is 0 Å². The third kappa shape index (κ3) is 6.00. The van der Waals surface area contributed by atoms with E-state index in [2.05, 4.69) is 17.4 Å².